The molecule has 1 aliphatic heterocycles. The summed E-state index contributed by atoms with van der Waals surface area (Å²) in [6, 6.07) is 8.74. The fourth-order valence-corrected chi connectivity index (χ4v) is 7.25. The molecular formula is C23H25F2N5O3S3. The van der Waals surface area contributed by atoms with Crippen LogP contribution in [0.4, 0.5) is 19.7 Å². The molecule has 0 spiro atoms. The van der Waals surface area contributed by atoms with Gasteiger partial charge in [0.1, 0.15) is 22.3 Å². The van der Waals surface area contributed by atoms with Gasteiger partial charge in [-0.15, -0.1) is 11.8 Å². The molecule has 3 aromatic rings. The number of pyridine rings is 1. The minimum Gasteiger partial charge on any atom is -0.382 e. The predicted octanol–water partition coefficient (Wildman–Crippen LogP) is 4.02. The molecule has 36 heavy (non-hydrogen) atoms. The Hall–Kier alpha value is -2.61. The highest BCUT2D eigenvalue weighted by molar-refractivity contribution is 7.99. The van der Waals surface area contributed by atoms with Crippen LogP contribution in [0.25, 0.3) is 0 Å². The van der Waals surface area contributed by atoms with Crippen molar-refractivity contribution in [2.75, 3.05) is 35.6 Å². The zero-order chi connectivity index (χ0) is 25.7. The number of thioether (sulfide) groups is 1. The number of halogens is 2. The summed E-state index contributed by atoms with van der Waals surface area (Å²) < 4.78 is 55.0. The van der Waals surface area contributed by atoms with Gasteiger partial charge in [-0.1, -0.05) is 23.5 Å². The quantitative estimate of drug-likeness (QED) is 0.220. The molecule has 0 bridgehead atoms. The summed E-state index contributed by atoms with van der Waals surface area (Å²) in [6.07, 6.45) is 3.33. The highest BCUT2D eigenvalue weighted by Crippen LogP contribution is 2.30. The molecule has 3 N–H and O–H groups in total. The number of nitrogen functional groups attached to an aromatic ring is 1. The van der Waals surface area contributed by atoms with E-state index < -0.39 is 33.0 Å². The molecule has 192 valence electrons. The maximum atomic E-state index is 14.0. The molecule has 0 saturated carbocycles. The lowest BCUT2D eigenvalue weighted by Crippen LogP contribution is -2.43. The molecule has 1 saturated heterocycles. The monoisotopic (exact) mass is 553 g/mol. The SMILES string of the molecule is Nc1nc(NC2CCN(S(=O)(=O)CCCSc3ccccn3)CC2)sc1C(=O)c1c(F)cccc1F. The van der Waals surface area contributed by atoms with E-state index >= 15 is 0 Å². The van der Waals surface area contributed by atoms with Gasteiger partial charge < -0.3 is 11.1 Å². The Bertz CT molecular complexity index is 1290. The van der Waals surface area contributed by atoms with Crippen LogP contribution in [-0.2, 0) is 10.0 Å². The zero-order valence-electron chi connectivity index (χ0n) is 19.2. The molecule has 13 heteroatoms. The number of nitrogens with two attached hydrogens (primary N) is 1. The third-order valence-corrected chi connectivity index (χ3v) is 9.65. The highest BCUT2D eigenvalue weighted by atomic mass is 32.2. The van der Waals surface area contributed by atoms with Gasteiger partial charge in [-0.05, 0) is 43.5 Å². The molecule has 8 nitrogen and oxygen atoms in total. The molecule has 1 aromatic carbocycles. The van der Waals surface area contributed by atoms with Gasteiger partial charge in [-0.25, -0.2) is 31.5 Å². The minimum atomic E-state index is -3.36. The van der Waals surface area contributed by atoms with Gasteiger partial charge in [0.25, 0.3) is 0 Å². The van der Waals surface area contributed by atoms with Crippen molar-refractivity contribution in [3.63, 3.8) is 0 Å². The molecule has 2 aromatic heterocycles. The second-order valence-corrected chi connectivity index (χ2v) is 12.4. The maximum Gasteiger partial charge on any atom is 0.214 e. The Balaban J connectivity index is 1.28. The van der Waals surface area contributed by atoms with Crippen molar-refractivity contribution in [1.82, 2.24) is 14.3 Å². The van der Waals surface area contributed by atoms with Gasteiger partial charge in [-0.2, -0.15) is 0 Å². The minimum absolute atomic E-state index is 0.0508. The van der Waals surface area contributed by atoms with Crippen molar-refractivity contribution < 1.29 is 22.0 Å². The van der Waals surface area contributed by atoms with Crippen LogP contribution in [0.1, 0.15) is 34.5 Å². The second kappa shape index (κ2) is 11.6. The Morgan fingerprint density at radius 2 is 1.89 bits per heavy atom. The Kier molecular flexibility index (Phi) is 8.54. The summed E-state index contributed by atoms with van der Waals surface area (Å²) in [5.41, 5.74) is 5.19. The molecule has 0 aliphatic carbocycles. The summed E-state index contributed by atoms with van der Waals surface area (Å²) in [5, 5.41) is 4.39. The van der Waals surface area contributed by atoms with E-state index in [2.05, 4.69) is 15.3 Å². The van der Waals surface area contributed by atoms with Gasteiger partial charge in [0.05, 0.1) is 16.3 Å². The van der Waals surface area contributed by atoms with E-state index in [1.165, 1.54) is 22.1 Å². The normalized spacial score (nSPS) is 15.2. The van der Waals surface area contributed by atoms with E-state index in [1.807, 2.05) is 18.2 Å². The lowest BCUT2D eigenvalue weighted by Gasteiger charge is -2.31. The van der Waals surface area contributed by atoms with Crippen LogP contribution in [0.2, 0.25) is 0 Å². The van der Waals surface area contributed by atoms with E-state index in [4.69, 9.17) is 5.73 Å². The largest absolute Gasteiger partial charge is 0.382 e. The number of anilines is 2. The molecule has 4 rings (SSSR count). The molecule has 1 aliphatic rings. The van der Waals surface area contributed by atoms with Crippen LogP contribution in [-0.4, -0.2) is 59.1 Å². The molecule has 0 radical (unpaired) electrons. The van der Waals surface area contributed by atoms with E-state index in [0.717, 1.165) is 28.5 Å². The van der Waals surface area contributed by atoms with Crippen molar-refractivity contribution in [3.05, 3.63) is 64.7 Å². The standard InChI is InChI=1S/C23H25F2N5O3S3/c24-16-5-3-6-17(25)19(16)20(31)21-22(26)29-23(35-21)28-15-8-11-30(12-9-15)36(32,33)14-4-13-34-18-7-1-2-10-27-18/h1-3,5-7,10,15H,4,8-9,11-14,26H2,(H,28,29). The van der Waals surface area contributed by atoms with Crippen LogP contribution in [0.15, 0.2) is 47.6 Å². The number of carbonyl (C=O) groups is 1. The van der Waals surface area contributed by atoms with Gasteiger partial charge in [0, 0.05) is 31.1 Å². The summed E-state index contributed by atoms with van der Waals surface area (Å²) in [7, 11) is -3.36. The number of nitrogens with one attached hydrogen (secondary N) is 1. The number of ketones is 1. The van der Waals surface area contributed by atoms with Crippen molar-refractivity contribution >= 4 is 49.9 Å². The Morgan fingerprint density at radius 1 is 1.17 bits per heavy atom. The van der Waals surface area contributed by atoms with Crippen LogP contribution in [0.5, 0.6) is 0 Å². The predicted molar refractivity (Wildman–Crippen MR) is 138 cm³/mol. The number of rotatable bonds is 10. The van der Waals surface area contributed by atoms with E-state index in [1.54, 1.807) is 6.20 Å². The van der Waals surface area contributed by atoms with Crippen molar-refractivity contribution in [1.29, 1.82) is 0 Å². The number of nitrogens with zero attached hydrogens (tertiary/aromatic N) is 3. The fraction of sp³-hybridized carbons (Fsp3) is 0.348. The first-order chi connectivity index (χ1) is 17.2. The summed E-state index contributed by atoms with van der Waals surface area (Å²) in [5.74, 6) is -2.17. The first kappa shape index (κ1) is 26.5. The van der Waals surface area contributed by atoms with E-state index in [9.17, 15) is 22.0 Å². The number of aromatic nitrogens is 2. The van der Waals surface area contributed by atoms with Crippen LogP contribution in [0, 0.1) is 11.6 Å². The number of benzene rings is 1. The van der Waals surface area contributed by atoms with Gasteiger partial charge >= 0.3 is 0 Å². The highest BCUT2D eigenvalue weighted by Gasteiger charge is 2.29. The van der Waals surface area contributed by atoms with Crippen molar-refractivity contribution in [2.45, 2.75) is 30.3 Å². The third-order valence-electron chi connectivity index (χ3n) is 5.66. The number of hydrogen-bond donors (Lipinski definition) is 2. The molecule has 1 fully saturated rings. The van der Waals surface area contributed by atoms with Crippen molar-refractivity contribution in [2.24, 2.45) is 0 Å². The lowest BCUT2D eigenvalue weighted by molar-refractivity contribution is 0.103. The number of thiazole rings is 1. The molecule has 0 amide bonds. The summed E-state index contributed by atoms with van der Waals surface area (Å²) in [4.78, 5) is 21.0. The molecule has 0 unspecified atom stereocenters. The molecule has 3 heterocycles. The van der Waals surface area contributed by atoms with Crippen molar-refractivity contribution in [3.8, 4) is 0 Å². The number of hydrogen-bond acceptors (Lipinski definition) is 9. The number of carbonyl (C=O) groups excluding carboxylic acids is 1. The Labute approximate surface area is 216 Å². The maximum absolute atomic E-state index is 14.0. The van der Waals surface area contributed by atoms with Crippen LogP contribution >= 0.6 is 23.1 Å². The second-order valence-electron chi connectivity index (χ2n) is 8.16. The summed E-state index contributed by atoms with van der Waals surface area (Å²) in [6.45, 7) is 0.723. The fourth-order valence-electron chi connectivity index (χ4n) is 3.82. The molecule has 0 atom stereocenters. The smallest absolute Gasteiger partial charge is 0.214 e. The number of piperidine rings is 1. The number of sulfonamides is 1. The average Bonchev–Trinajstić information content (AvgIpc) is 3.22. The van der Waals surface area contributed by atoms with E-state index in [0.29, 0.717) is 43.2 Å². The first-order valence-corrected chi connectivity index (χ1v) is 14.7. The summed E-state index contributed by atoms with van der Waals surface area (Å²) >= 11 is 2.45. The zero-order valence-corrected chi connectivity index (χ0v) is 21.6. The lowest BCUT2D eigenvalue weighted by atomic mass is 10.1. The Morgan fingerprint density at radius 3 is 2.56 bits per heavy atom. The average molecular weight is 554 g/mol. The third kappa shape index (κ3) is 6.38. The van der Waals surface area contributed by atoms with Crippen LogP contribution < -0.4 is 11.1 Å². The first-order valence-electron chi connectivity index (χ1n) is 11.3. The molecular weight excluding hydrogens is 528 g/mol. The van der Waals surface area contributed by atoms with Gasteiger partial charge in [-0.3, -0.25) is 4.79 Å². The van der Waals surface area contributed by atoms with Crippen LogP contribution in [0.3, 0.4) is 0 Å². The van der Waals surface area contributed by atoms with Gasteiger partial charge in [0.15, 0.2) is 5.13 Å². The van der Waals surface area contributed by atoms with E-state index in [-0.39, 0.29) is 22.5 Å². The van der Waals surface area contributed by atoms with Gasteiger partial charge in [0.2, 0.25) is 15.8 Å². The topological polar surface area (TPSA) is 118 Å².